The average Bonchev–Trinajstić information content (AvgIpc) is 3.11. The van der Waals surface area contributed by atoms with E-state index < -0.39 is 21.7 Å². The van der Waals surface area contributed by atoms with Crippen LogP contribution in [0.25, 0.3) is 5.69 Å². The van der Waals surface area contributed by atoms with Crippen LogP contribution < -0.4 is 5.32 Å². The molecule has 0 aliphatic heterocycles. The standard InChI is InChI=1S/C19H17FN4O3S/c1-12-5-3-4-6-16(12)23-10-9-21-19(23)28-13(2)18(25)22-14-7-8-15(20)17(11-14)24(26)27/h3-11,13H,1-2H3,(H,22,25). The third kappa shape index (κ3) is 4.20. The van der Waals surface area contributed by atoms with Crippen molar-refractivity contribution in [3.05, 3.63) is 76.4 Å². The molecule has 28 heavy (non-hydrogen) atoms. The highest BCUT2D eigenvalue weighted by molar-refractivity contribution is 8.00. The zero-order valence-corrected chi connectivity index (χ0v) is 15.9. The molecular formula is C19H17FN4O3S. The first kappa shape index (κ1) is 19.6. The van der Waals surface area contributed by atoms with Gasteiger partial charge in [0.15, 0.2) is 5.16 Å². The molecule has 0 aliphatic carbocycles. The van der Waals surface area contributed by atoms with Gasteiger partial charge in [0.2, 0.25) is 11.7 Å². The third-order valence-electron chi connectivity index (χ3n) is 4.04. The summed E-state index contributed by atoms with van der Waals surface area (Å²) in [5.41, 5.74) is 1.50. The molecule has 0 saturated heterocycles. The van der Waals surface area contributed by atoms with Crippen molar-refractivity contribution in [2.75, 3.05) is 5.32 Å². The second kappa shape index (κ2) is 8.22. The fraction of sp³-hybridized carbons (Fsp3) is 0.158. The molecule has 9 heteroatoms. The van der Waals surface area contributed by atoms with Gasteiger partial charge in [-0.05, 0) is 37.6 Å². The minimum atomic E-state index is -0.953. The molecule has 0 radical (unpaired) electrons. The molecule has 0 aliphatic rings. The maximum absolute atomic E-state index is 13.4. The number of imidazole rings is 1. The van der Waals surface area contributed by atoms with Crippen LogP contribution in [-0.2, 0) is 4.79 Å². The number of hydrogen-bond donors (Lipinski definition) is 1. The lowest BCUT2D eigenvalue weighted by Gasteiger charge is -2.14. The summed E-state index contributed by atoms with van der Waals surface area (Å²) in [5.74, 6) is -1.32. The predicted molar refractivity (Wildman–Crippen MR) is 105 cm³/mol. The summed E-state index contributed by atoms with van der Waals surface area (Å²) < 4.78 is 15.3. The number of nitro benzene ring substituents is 1. The number of nitrogens with zero attached hydrogens (tertiary/aromatic N) is 3. The number of amides is 1. The van der Waals surface area contributed by atoms with E-state index in [1.165, 1.54) is 17.8 Å². The fourth-order valence-corrected chi connectivity index (χ4v) is 3.46. The number of thioether (sulfide) groups is 1. The van der Waals surface area contributed by atoms with Crippen LogP contribution in [0.1, 0.15) is 12.5 Å². The van der Waals surface area contributed by atoms with Crippen LogP contribution in [0.2, 0.25) is 0 Å². The molecule has 1 amide bonds. The van der Waals surface area contributed by atoms with Gasteiger partial charge in [-0.15, -0.1) is 0 Å². The maximum atomic E-state index is 13.4. The van der Waals surface area contributed by atoms with Gasteiger partial charge in [-0.25, -0.2) is 4.98 Å². The van der Waals surface area contributed by atoms with E-state index >= 15 is 0 Å². The quantitative estimate of drug-likeness (QED) is 0.377. The number of benzene rings is 2. The fourth-order valence-electron chi connectivity index (χ4n) is 2.58. The molecule has 2 aromatic carbocycles. The highest BCUT2D eigenvalue weighted by Crippen LogP contribution is 2.27. The number of aryl methyl sites for hydroxylation is 1. The zero-order chi connectivity index (χ0) is 20.3. The lowest BCUT2D eigenvalue weighted by Crippen LogP contribution is -2.23. The highest BCUT2D eigenvalue weighted by atomic mass is 32.2. The van der Waals surface area contributed by atoms with Gasteiger partial charge in [-0.1, -0.05) is 30.0 Å². The van der Waals surface area contributed by atoms with Crippen molar-refractivity contribution in [1.82, 2.24) is 9.55 Å². The van der Waals surface area contributed by atoms with Crippen LogP contribution in [0, 0.1) is 22.9 Å². The first-order chi connectivity index (χ1) is 13.4. The van der Waals surface area contributed by atoms with E-state index in [9.17, 15) is 19.3 Å². The molecule has 0 spiro atoms. The Labute approximate surface area is 164 Å². The van der Waals surface area contributed by atoms with Gasteiger partial charge in [-0.2, -0.15) is 4.39 Å². The Morgan fingerprint density at radius 1 is 1.32 bits per heavy atom. The van der Waals surface area contributed by atoms with E-state index in [1.807, 2.05) is 42.0 Å². The Morgan fingerprint density at radius 2 is 2.07 bits per heavy atom. The molecule has 1 heterocycles. The summed E-state index contributed by atoms with van der Waals surface area (Å²) in [4.78, 5) is 26.8. The second-order valence-corrected chi connectivity index (χ2v) is 7.35. The molecular weight excluding hydrogens is 383 g/mol. The topological polar surface area (TPSA) is 90.1 Å². The summed E-state index contributed by atoms with van der Waals surface area (Å²) in [5, 5.41) is 13.5. The van der Waals surface area contributed by atoms with E-state index in [1.54, 1.807) is 13.1 Å². The maximum Gasteiger partial charge on any atom is 0.306 e. The number of para-hydroxylation sites is 1. The van der Waals surface area contributed by atoms with Crippen LogP contribution in [0.3, 0.4) is 0 Å². The molecule has 1 atom stereocenters. The molecule has 1 N–H and O–H groups in total. The number of nitro groups is 1. The van der Waals surface area contributed by atoms with E-state index in [4.69, 9.17) is 0 Å². The average molecular weight is 400 g/mol. The number of carbonyl (C=O) groups is 1. The Kier molecular flexibility index (Phi) is 5.74. The van der Waals surface area contributed by atoms with Crippen LogP contribution in [0.15, 0.2) is 60.0 Å². The monoisotopic (exact) mass is 400 g/mol. The first-order valence-corrected chi connectivity index (χ1v) is 9.25. The molecule has 3 aromatic rings. The van der Waals surface area contributed by atoms with Crippen molar-refractivity contribution in [3.8, 4) is 5.69 Å². The highest BCUT2D eigenvalue weighted by Gasteiger charge is 2.20. The molecule has 1 aromatic heterocycles. The SMILES string of the molecule is Cc1ccccc1-n1ccnc1SC(C)C(=O)Nc1ccc(F)c([N+](=O)[O-])c1. The number of nitrogens with one attached hydrogen (secondary N) is 1. The zero-order valence-electron chi connectivity index (χ0n) is 15.1. The predicted octanol–water partition coefficient (Wildman–Crippen LogP) is 4.35. The van der Waals surface area contributed by atoms with Gasteiger partial charge < -0.3 is 5.32 Å². The summed E-state index contributed by atoms with van der Waals surface area (Å²) in [7, 11) is 0. The number of carbonyl (C=O) groups excluding carboxylic acids is 1. The smallest absolute Gasteiger partial charge is 0.306 e. The third-order valence-corrected chi connectivity index (χ3v) is 5.12. The van der Waals surface area contributed by atoms with Crippen molar-refractivity contribution in [2.45, 2.75) is 24.3 Å². The van der Waals surface area contributed by atoms with E-state index in [0.29, 0.717) is 5.16 Å². The van der Waals surface area contributed by atoms with Gasteiger partial charge in [0, 0.05) is 24.1 Å². The summed E-state index contributed by atoms with van der Waals surface area (Å²) >= 11 is 1.25. The number of aromatic nitrogens is 2. The largest absolute Gasteiger partial charge is 0.325 e. The molecule has 7 nitrogen and oxygen atoms in total. The van der Waals surface area contributed by atoms with E-state index in [2.05, 4.69) is 10.3 Å². The summed E-state index contributed by atoms with van der Waals surface area (Å²) in [6, 6.07) is 11.1. The Morgan fingerprint density at radius 3 is 2.79 bits per heavy atom. The lowest BCUT2D eigenvalue weighted by molar-refractivity contribution is -0.387. The Bertz CT molecular complexity index is 1040. The van der Waals surface area contributed by atoms with Crippen molar-refractivity contribution >= 4 is 29.0 Å². The minimum absolute atomic E-state index is 0.160. The van der Waals surface area contributed by atoms with Gasteiger partial charge in [0.25, 0.3) is 0 Å². The van der Waals surface area contributed by atoms with Crippen molar-refractivity contribution in [3.63, 3.8) is 0 Å². The minimum Gasteiger partial charge on any atom is -0.325 e. The molecule has 1 unspecified atom stereocenters. The lowest BCUT2D eigenvalue weighted by atomic mass is 10.2. The van der Waals surface area contributed by atoms with Crippen molar-refractivity contribution in [2.24, 2.45) is 0 Å². The van der Waals surface area contributed by atoms with Crippen molar-refractivity contribution in [1.29, 1.82) is 0 Å². The first-order valence-electron chi connectivity index (χ1n) is 8.37. The normalized spacial score (nSPS) is 11.8. The van der Waals surface area contributed by atoms with Crippen LogP contribution in [0.5, 0.6) is 0 Å². The van der Waals surface area contributed by atoms with E-state index in [-0.39, 0.29) is 11.6 Å². The van der Waals surface area contributed by atoms with Gasteiger partial charge in [0.1, 0.15) is 0 Å². The van der Waals surface area contributed by atoms with Gasteiger partial charge in [-0.3, -0.25) is 19.5 Å². The Balaban J connectivity index is 1.74. The number of halogens is 1. The number of rotatable bonds is 6. The van der Waals surface area contributed by atoms with E-state index in [0.717, 1.165) is 23.4 Å². The number of anilines is 1. The molecule has 3 rings (SSSR count). The summed E-state index contributed by atoms with van der Waals surface area (Å²) in [6.45, 7) is 3.69. The molecule has 144 valence electrons. The second-order valence-electron chi connectivity index (χ2n) is 6.04. The van der Waals surface area contributed by atoms with Crippen LogP contribution in [0.4, 0.5) is 15.8 Å². The van der Waals surface area contributed by atoms with Gasteiger partial charge >= 0.3 is 5.69 Å². The molecule has 0 fully saturated rings. The molecule has 0 bridgehead atoms. The molecule has 0 saturated carbocycles. The Hall–Kier alpha value is -3.20. The summed E-state index contributed by atoms with van der Waals surface area (Å²) in [6.07, 6.45) is 3.47. The van der Waals surface area contributed by atoms with Crippen LogP contribution >= 0.6 is 11.8 Å². The van der Waals surface area contributed by atoms with Crippen LogP contribution in [-0.4, -0.2) is 25.6 Å². The number of hydrogen-bond acceptors (Lipinski definition) is 5. The van der Waals surface area contributed by atoms with Gasteiger partial charge in [0.05, 0.1) is 15.9 Å². The van der Waals surface area contributed by atoms with Crippen molar-refractivity contribution < 1.29 is 14.1 Å².